The summed E-state index contributed by atoms with van der Waals surface area (Å²) in [6.45, 7) is 8.55. The van der Waals surface area contributed by atoms with E-state index in [1.807, 2.05) is 75.4 Å². The molecule has 4 rings (SSSR count). The van der Waals surface area contributed by atoms with Crippen LogP contribution in [0.1, 0.15) is 42.7 Å². The second-order valence-electron chi connectivity index (χ2n) is 10.1. The van der Waals surface area contributed by atoms with Crippen LogP contribution in [0.4, 0.5) is 0 Å². The summed E-state index contributed by atoms with van der Waals surface area (Å²) >= 11 is 0. The molecule has 1 aromatic heterocycles. The van der Waals surface area contributed by atoms with Crippen LogP contribution in [0.5, 0.6) is 5.75 Å². The minimum Gasteiger partial charge on any atom is -0.484 e. The fourth-order valence-electron chi connectivity index (χ4n) is 4.63. The average molecular weight is 525 g/mol. The molecule has 0 bridgehead atoms. The number of para-hydroxylation sites is 2. The number of hydrazone groups is 1. The minimum absolute atomic E-state index is 0.171. The van der Waals surface area contributed by atoms with Gasteiger partial charge < -0.3 is 14.6 Å². The van der Waals surface area contributed by atoms with E-state index in [1.54, 1.807) is 6.21 Å². The van der Waals surface area contributed by atoms with Crippen molar-refractivity contribution in [2.24, 2.45) is 11.0 Å². The molecule has 0 aliphatic carbocycles. The van der Waals surface area contributed by atoms with Gasteiger partial charge in [-0.3, -0.25) is 9.59 Å². The maximum Gasteiger partial charge on any atom is 0.262 e. The Balaban J connectivity index is 1.45. The number of rotatable bonds is 11. The van der Waals surface area contributed by atoms with Crippen LogP contribution in [-0.2, 0) is 16.1 Å². The number of aryl methyl sites for hydroxylation is 1. The van der Waals surface area contributed by atoms with Crippen molar-refractivity contribution < 1.29 is 14.3 Å². The Morgan fingerprint density at radius 2 is 1.64 bits per heavy atom. The van der Waals surface area contributed by atoms with E-state index in [0.717, 1.165) is 34.3 Å². The van der Waals surface area contributed by atoms with Gasteiger partial charge in [0.2, 0.25) is 0 Å². The van der Waals surface area contributed by atoms with Crippen molar-refractivity contribution in [3.8, 4) is 5.75 Å². The lowest BCUT2D eigenvalue weighted by Crippen LogP contribution is -2.47. The minimum atomic E-state index is -0.726. The molecule has 0 radical (unpaired) electrons. The van der Waals surface area contributed by atoms with Gasteiger partial charge in [-0.05, 0) is 49.4 Å². The van der Waals surface area contributed by atoms with E-state index < -0.39 is 6.04 Å². The second-order valence-corrected chi connectivity index (χ2v) is 10.1. The van der Waals surface area contributed by atoms with Crippen molar-refractivity contribution >= 4 is 28.9 Å². The number of amides is 2. The van der Waals surface area contributed by atoms with Gasteiger partial charge >= 0.3 is 0 Å². The van der Waals surface area contributed by atoms with Gasteiger partial charge in [0, 0.05) is 28.7 Å². The largest absolute Gasteiger partial charge is 0.484 e. The summed E-state index contributed by atoms with van der Waals surface area (Å²) in [5.41, 5.74) is 7.89. The van der Waals surface area contributed by atoms with Gasteiger partial charge in [-0.1, -0.05) is 80.6 Å². The van der Waals surface area contributed by atoms with E-state index in [4.69, 9.17) is 4.74 Å². The molecule has 0 aliphatic rings. The molecule has 0 unspecified atom stereocenters. The number of carbonyl (C=O) groups is 2. The van der Waals surface area contributed by atoms with Crippen molar-refractivity contribution in [2.45, 2.75) is 46.7 Å². The Bertz CT molecular complexity index is 1460. The first-order valence-corrected chi connectivity index (χ1v) is 13.3. The number of carbonyl (C=O) groups excluding carboxylic acids is 2. The fourth-order valence-corrected chi connectivity index (χ4v) is 4.63. The van der Waals surface area contributed by atoms with Crippen LogP contribution in [0.2, 0.25) is 0 Å². The highest BCUT2D eigenvalue weighted by molar-refractivity contribution is 6.01. The maximum atomic E-state index is 13.0. The van der Waals surface area contributed by atoms with Crippen molar-refractivity contribution in [1.29, 1.82) is 0 Å². The number of fused-ring (bicyclic) bond motifs is 1. The van der Waals surface area contributed by atoms with E-state index in [1.165, 1.54) is 5.56 Å². The van der Waals surface area contributed by atoms with Gasteiger partial charge in [-0.25, -0.2) is 5.43 Å². The molecule has 2 N–H and O–H groups in total. The maximum absolute atomic E-state index is 13.0. The third kappa shape index (κ3) is 7.13. The number of benzene rings is 3. The molecule has 3 aromatic carbocycles. The van der Waals surface area contributed by atoms with Gasteiger partial charge in [0.1, 0.15) is 11.8 Å². The summed E-state index contributed by atoms with van der Waals surface area (Å²) in [6.07, 6.45) is 2.17. The second kappa shape index (κ2) is 12.9. The first kappa shape index (κ1) is 27.6. The standard InChI is InChI=1S/C32H36N4O3/c1-22(2)18-28(34-31(37)21-39-30-17-11-8-12-23(30)3)32(38)35-33-19-27-24(4)36(20-25-13-6-5-7-14-25)29-16-10-9-15-26(27)29/h5-17,19,22,28H,18,20-21H2,1-4H3,(H,34,37)(H,35,38)/b33-19-/t28-/m1/s1. The third-order valence-corrected chi connectivity index (χ3v) is 6.64. The van der Waals surface area contributed by atoms with Crippen LogP contribution >= 0.6 is 0 Å². The molecule has 4 aromatic rings. The van der Waals surface area contributed by atoms with Crippen LogP contribution in [0.3, 0.4) is 0 Å². The van der Waals surface area contributed by atoms with Crippen LogP contribution in [0.25, 0.3) is 10.9 Å². The quantitative estimate of drug-likeness (QED) is 0.204. The molecule has 7 nitrogen and oxygen atoms in total. The van der Waals surface area contributed by atoms with Gasteiger partial charge in [0.15, 0.2) is 6.61 Å². The predicted octanol–water partition coefficient (Wildman–Crippen LogP) is 5.37. The highest BCUT2D eigenvalue weighted by atomic mass is 16.5. The van der Waals surface area contributed by atoms with E-state index in [-0.39, 0.29) is 24.3 Å². The van der Waals surface area contributed by atoms with E-state index in [0.29, 0.717) is 12.2 Å². The number of hydrogen-bond acceptors (Lipinski definition) is 4. The molecule has 0 saturated heterocycles. The zero-order valence-corrected chi connectivity index (χ0v) is 23.0. The lowest BCUT2D eigenvalue weighted by molar-refractivity contribution is -0.130. The molecule has 0 spiro atoms. The topological polar surface area (TPSA) is 84.7 Å². The lowest BCUT2D eigenvalue weighted by atomic mass is 10.0. The number of ether oxygens (including phenoxy) is 1. The predicted molar refractivity (Wildman–Crippen MR) is 156 cm³/mol. The summed E-state index contributed by atoms with van der Waals surface area (Å²) in [7, 11) is 0. The Hall–Kier alpha value is -4.39. The number of nitrogens with zero attached hydrogens (tertiary/aromatic N) is 2. The lowest BCUT2D eigenvalue weighted by Gasteiger charge is -2.19. The molecule has 0 aliphatic heterocycles. The third-order valence-electron chi connectivity index (χ3n) is 6.64. The molecule has 0 fully saturated rings. The van der Waals surface area contributed by atoms with Crippen LogP contribution in [-0.4, -0.2) is 35.2 Å². The van der Waals surface area contributed by atoms with Gasteiger partial charge in [-0.15, -0.1) is 0 Å². The van der Waals surface area contributed by atoms with Crippen molar-refractivity contribution in [3.05, 3.63) is 101 Å². The van der Waals surface area contributed by atoms with E-state index in [2.05, 4.69) is 51.6 Å². The molecule has 7 heteroatoms. The summed E-state index contributed by atoms with van der Waals surface area (Å²) in [6, 6.07) is 25.2. The molecule has 1 heterocycles. The molecular weight excluding hydrogens is 488 g/mol. The summed E-state index contributed by atoms with van der Waals surface area (Å²) < 4.78 is 7.90. The van der Waals surface area contributed by atoms with Crippen LogP contribution in [0.15, 0.2) is 84.0 Å². The fraction of sp³-hybridized carbons (Fsp3) is 0.281. The summed E-state index contributed by atoms with van der Waals surface area (Å²) in [5.74, 6) is 0.113. The van der Waals surface area contributed by atoms with Gasteiger partial charge in [0.25, 0.3) is 11.8 Å². The molecule has 0 saturated carbocycles. The SMILES string of the molecule is Cc1ccccc1OCC(=O)N[C@H](CC(C)C)C(=O)N/N=C\c1c(C)n(Cc2ccccc2)c2ccccc12. The Morgan fingerprint density at radius 3 is 2.38 bits per heavy atom. The van der Waals surface area contributed by atoms with Crippen molar-refractivity contribution in [1.82, 2.24) is 15.3 Å². The smallest absolute Gasteiger partial charge is 0.262 e. The summed E-state index contributed by atoms with van der Waals surface area (Å²) in [4.78, 5) is 25.6. The Kier molecular flexibility index (Phi) is 9.15. The zero-order chi connectivity index (χ0) is 27.8. The number of aromatic nitrogens is 1. The highest BCUT2D eigenvalue weighted by Gasteiger charge is 2.22. The highest BCUT2D eigenvalue weighted by Crippen LogP contribution is 2.25. The van der Waals surface area contributed by atoms with E-state index >= 15 is 0 Å². The zero-order valence-electron chi connectivity index (χ0n) is 23.0. The Labute approximate surface area is 229 Å². The number of hydrogen-bond donors (Lipinski definition) is 2. The monoisotopic (exact) mass is 524 g/mol. The average Bonchev–Trinajstić information content (AvgIpc) is 3.18. The molecular formula is C32H36N4O3. The molecule has 202 valence electrons. The molecule has 39 heavy (non-hydrogen) atoms. The number of nitrogens with one attached hydrogen (secondary N) is 2. The normalized spacial score (nSPS) is 12.1. The van der Waals surface area contributed by atoms with Crippen molar-refractivity contribution in [3.63, 3.8) is 0 Å². The van der Waals surface area contributed by atoms with Crippen LogP contribution in [0, 0.1) is 19.8 Å². The van der Waals surface area contributed by atoms with Crippen molar-refractivity contribution in [2.75, 3.05) is 6.61 Å². The van der Waals surface area contributed by atoms with Gasteiger partial charge in [-0.2, -0.15) is 5.10 Å². The van der Waals surface area contributed by atoms with Crippen LogP contribution < -0.4 is 15.5 Å². The first-order chi connectivity index (χ1) is 18.8. The Morgan fingerprint density at radius 1 is 0.949 bits per heavy atom. The van der Waals surface area contributed by atoms with E-state index in [9.17, 15) is 9.59 Å². The molecule has 2 amide bonds. The first-order valence-electron chi connectivity index (χ1n) is 13.3. The summed E-state index contributed by atoms with van der Waals surface area (Å²) in [5, 5.41) is 8.16. The van der Waals surface area contributed by atoms with Gasteiger partial charge in [0.05, 0.1) is 6.21 Å². The molecule has 1 atom stereocenters.